The second-order valence-electron chi connectivity index (χ2n) is 8.44. The van der Waals surface area contributed by atoms with Gasteiger partial charge in [0.15, 0.2) is 0 Å². The average molecular weight is 355 g/mol. The number of fused-ring (bicyclic) bond motifs is 2. The highest BCUT2D eigenvalue weighted by atomic mass is 16.2. The minimum atomic E-state index is 0.0207. The van der Waals surface area contributed by atoms with Crippen molar-refractivity contribution >= 4 is 11.8 Å². The van der Waals surface area contributed by atoms with Crippen molar-refractivity contribution < 1.29 is 9.59 Å². The Hall–Kier alpha value is -1.91. The van der Waals surface area contributed by atoms with Gasteiger partial charge < -0.3 is 10.2 Å². The molecule has 1 aromatic rings. The molecule has 2 bridgehead atoms. The number of aromatic nitrogens is 1. The molecule has 2 aliphatic carbocycles. The van der Waals surface area contributed by atoms with E-state index in [0.29, 0.717) is 24.6 Å². The first-order chi connectivity index (χ1) is 12.6. The van der Waals surface area contributed by atoms with Gasteiger partial charge in [-0.15, -0.1) is 0 Å². The van der Waals surface area contributed by atoms with Crippen molar-refractivity contribution in [2.45, 2.75) is 51.5 Å². The van der Waals surface area contributed by atoms with Crippen LogP contribution < -0.4 is 5.32 Å². The summed E-state index contributed by atoms with van der Waals surface area (Å²) in [6.45, 7) is 3.48. The number of likely N-dealkylation sites (tertiary alicyclic amines) is 1. The molecule has 1 aliphatic heterocycles. The summed E-state index contributed by atoms with van der Waals surface area (Å²) in [6, 6.07) is 3.86. The summed E-state index contributed by atoms with van der Waals surface area (Å²) in [5.74, 6) is 2.65. The molecule has 1 saturated heterocycles. The molecule has 4 rings (SSSR count). The lowest BCUT2D eigenvalue weighted by molar-refractivity contribution is -0.127. The highest BCUT2D eigenvalue weighted by Gasteiger charge is 2.42. The molecular formula is C21H29N3O2. The number of nitrogens with one attached hydrogen (secondary N) is 1. The number of nitrogens with zero attached hydrogens (tertiary/aromatic N) is 2. The SMILES string of the molecule is C[C@H](NC(=O)C1CCN(C(=O)c2cccnc2)CC1)[C@H]1C[C@H]2CC[C@H]1C2. The van der Waals surface area contributed by atoms with Crippen LogP contribution in [0.1, 0.15) is 55.8 Å². The summed E-state index contributed by atoms with van der Waals surface area (Å²) in [6.07, 6.45) is 10.2. The fourth-order valence-corrected chi connectivity index (χ4v) is 5.37. The van der Waals surface area contributed by atoms with E-state index in [4.69, 9.17) is 0 Å². The maximum absolute atomic E-state index is 12.7. The largest absolute Gasteiger partial charge is 0.353 e. The third-order valence-corrected chi connectivity index (χ3v) is 6.87. The Bertz CT molecular complexity index is 654. The van der Waals surface area contributed by atoms with Crippen molar-refractivity contribution in [3.8, 4) is 0 Å². The number of hydrogen-bond donors (Lipinski definition) is 1. The van der Waals surface area contributed by atoms with Crippen LogP contribution in [0.4, 0.5) is 0 Å². The van der Waals surface area contributed by atoms with Crippen LogP contribution in [-0.2, 0) is 4.79 Å². The normalized spacial score (nSPS) is 29.6. The molecule has 3 fully saturated rings. The third kappa shape index (κ3) is 3.49. The van der Waals surface area contributed by atoms with Crippen LogP contribution in [0.15, 0.2) is 24.5 Å². The van der Waals surface area contributed by atoms with Gasteiger partial charge in [-0.1, -0.05) is 6.42 Å². The molecule has 26 heavy (non-hydrogen) atoms. The van der Waals surface area contributed by atoms with Gasteiger partial charge >= 0.3 is 0 Å². The molecule has 5 nitrogen and oxygen atoms in total. The van der Waals surface area contributed by atoms with Gasteiger partial charge in [-0.25, -0.2) is 0 Å². The van der Waals surface area contributed by atoms with Crippen molar-refractivity contribution in [3.05, 3.63) is 30.1 Å². The second-order valence-corrected chi connectivity index (χ2v) is 8.44. The van der Waals surface area contributed by atoms with Gasteiger partial charge in [0.05, 0.1) is 5.56 Å². The van der Waals surface area contributed by atoms with E-state index in [1.165, 1.54) is 25.7 Å². The molecule has 4 atom stereocenters. The molecule has 0 aromatic carbocycles. The van der Waals surface area contributed by atoms with Crippen molar-refractivity contribution in [2.75, 3.05) is 13.1 Å². The van der Waals surface area contributed by atoms with E-state index in [2.05, 4.69) is 17.2 Å². The molecule has 140 valence electrons. The number of carbonyl (C=O) groups is 2. The first kappa shape index (κ1) is 17.5. The van der Waals surface area contributed by atoms with Gasteiger partial charge in [0.25, 0.3) is 5.91 Å². The molecular weight excluding hydrogens is 326 g/mol. The highest BCUT2D eigenvalue weighted by Crippen LogP contribution is 2.49. The predicted octanol–water partition coefficient (Wildman–Crippen LogP) is 2.87. The zero-order valence-corrected chi connectivity index (χ0v) is 15.6. The van der Waals surface area contributed by atoms with E-state index in [1.54, 1.807) is 24.5 Å². The molecule has 2 amide bonds. The van der Waals surface area contributed by atoms with Crippen molar-refractivity contribution in [2.24, 2.45) is 23.7 Å². The minimum Gasteiger partial charge on any atom is -0.353 e. The minimum absolute atomic E-state index is 0.0207. The maximum atomic E-state index is 12.7. The summed E-state index contributed by atoms with van der Waals surface area (Å²) >= 11 is 0. The molecule has 2 saturated carbocycles. The van der Waals surface area contributed by atoms with Gasteiger partial charge in [-0.05, 0) is 68.9 Å². The van der Waals surface area contributed by atoms with E-state index in [0.717, 1.165) is 24.7 Å². The molecule has 1 aromatic heterocycles. The van der Waals surface area contributed by atoms with E-state index in [-0.39, 0.29) is 23.8 Å². The fraction of sp³-hybridized carbons (Fsp3) is 0.667. The average Bonchev–Trinajstić information content (AvgIpc) is 3.32. The summed E-state index contributed by atoms with van der Waals surface area (Å²) in [5.41, 5.74) is 0.625. The van der Waals surface area contributed by atoms with Crippen LogP contribution in [0.2, 0.25) is 0 Å². The standard InChI is InChI=1S/C21H29N3O2/c1-14(19-12-15-4-5-17(19)11-15)23-20(25)16-6-9-24(10-7-16)21(26)18-3-2-8-22-13-18/h2-3,8,13-17,19H,4-7,9-12H2,1H3,(H,23,25)/t14-,15-,17-,19+/m0/s1. The molecule has 0 radical (unpaired) electrons. The van der Waals surface area contributed by atoms with Crippen LogP contribution in [0.5, 0.6) is 0 Å². The number of piperidine rings is 1. The number of pyridine rings is 1. The second kappa shape index (κ2) is 7.37. The maximum Gasteiger partial charge on any atom is 0.255 e. The van der Waals surface area contributed by atoms with Gasteiger partial charge in [-0.3, -0.25) is 14.6 Å². The lowest BCUT2D eigenvalue weighted by Gasteiger charge is -2.33. The number of carbonyl (C=O) groups excluding carboxylic acids is 2. The van der Waals surface area contributed by atoms with Crippen LogP contribution in [0.25, 0.3) is 0 Å². The summed E-state index contributed by atoms with van der Waals surface area (Å²) in [7, 11) is 0. The Balaban J connectivity index is 1.26. The topological polar surface area (TPSA) is 62.3 Å². The fourth-order valence-electron chi connectivity index (χ4n) is 5.37. The van der Waals surface area contributed by atoms with Crippen LogP contribution in [-0.4, -0.2) is 40.8 Å². The Labute approximate surface area is 155 Å². The summed E-state index contributed by atoms with van der Waals surface area (Å²) < 4.78 is 0. The Morgan fingerprint density at radius 1 is 1.19 bits per heavy atom. The van der Waals surface area contributed by atoms with Crippen molar-refractivity contribution in [3.63, 3.8) is 0 Å². The molecule has 0 spiro atoms. The highest BCUT2D eigenvalue weighted by molar-refractivity contribution is 5.94. The van der Waals surface area contributed by atoms with E-state index in [9.17, 15) is 9.59 Å². The molecule has 1 N–H and O–H groups in total. The molecule has 0 unspecified atom stereocenters. The number of amides is 2. The number of hydrogen-bond acceptors (Lipinski definition) is 3. The molecule has 5 heteroatoms. The van der Waals surface area contributed by atoms with Gasteiger partial charge in [-0.2, -0.15) is 0 Å². The van der Waals surface area contributed by atoms with E-state index < -0.39 is 0 Å². The number of rotatable bonds is 4. The van der Waals surface area contributed by atoms with E-state index in [1.807, 2.05) is 4.90 Å². The monoisotopic (exact) mass is 355 g/mol. The van der Waals surface area contributed by atoms with E-state index >= 15 is 0 Å². The first-order valence-corrected chi connectivity index (χ1v) is 10.1. The predicted molar refractivity (Wildman–Crippen MR) is 99.4 cm³/mol. The van der Waals surface area contributed by atoms with Crippen LogP contribution in [0, 0.1) is 23.7 Å². The Morgan fingerprint density at radius 3 is 2.62 bits per heavy atom. The first-order valence-electron chi connectivity index (χ1n) is 10.1. The summed E-state index contributed by atoms with van der Waals surface area (Å²) in [4.78, 5) is 31.0. The van der Waals surface area contributed by atoms with Crippen molar-refractivity contribution in [1.82, 2.24) is 15.2 Å². The third-order valence-electron chi connectivity index (χ3n) is 6.87. The quantitative estimate of drug-likeness (QED) is 0.903. The molecule has 2 heterocycles. The van der Waals surface area contributed by atoms with Gasteiger partial charge in [0, 0.05) is 37.4 Å². The van der Waals surface area contributed by atoms with Crippen molar-refractivity contribution in [1.29, 1.82) is 0 Å². The van der Waals surface area contributed by atoms with Gasteiger partial charge in [0.2, 0.25) is 5.91 Å². The zero-order chi connectivity index (χ0) is 18.1. The van der Waals surface area contributed by atoms with Crippen LogP contribution in [0.3, 0.4) is 0 Å². The lowest BCUT2D eigenvalue weighted by atomic mass is 9.83. The summed E-state index contributed by atoms with van der Waals surface area (Å²) in [5, 5.41) is 3.30. The molecule has 3 aliphatic rings. The Morgan fingerprint density at radius 2 is 2.00 bits per heavy atom. The lowest BCUT2D eigenvalue weighted by Crippen LogP contribution is -2.47. The zero-order valence-electron chi connectivity index (χ0n) is 15.6. The smallest absolute Gasteiger partial charge is 0.255 e. The van der Waals surface area contributed by atoms with Crippen LogP contribution >= 0.6 is 0 Å². The Kier molecular flexibility index (Phi) is 4.96. The van der Waals surface area contributed by atoms with Gasteiger partial charge in [0.1, 0.15) is 0 Å².